The molecule has 4 aromatic rings. The molecule has 1 aromatic carbocycles. The van der Waals surface area contributed by atoms with Gasteiger partial charge in [-0.05, 0) is 50.1 Å². The number of carboxylic acid groups (broad SMARTS) is 1. The second-order valence-corrected chi connectivity index (χ2v) is 8.74. The van der Waals surface area contributed by atoms with E-state index in [1.54, 1.807) is 37.6 Å². The molecule has 1 fully saturated rings. The lowest BCUT2D eigenvalue weighted by Crippen LogP contribution is -2.48. The van der Waals surface area contributed by atoms with Gasteiger partial charge >= 0.3 is 11.8 Å². The normalized spacial score (nSPS) is 15.6. The number of hydrogen-bond donors (Lipinski definition) is 4. The maximum atomic E-state index is 11.4. The molecule has 36 heavy (non-hydrogen) atoms. The number of anilines is 5. The number of aryl methyl sites for hydroxylation is 1. The molecule has 0 saturated carbocycles. The number of benzene rings is 1. The number of aromatic amines is 1. The first kappa shape index (κ1) is 23.1. The van der Waals surface area contributed by atoms with Crippen molar-refractivity contribution in [3.05, 3.63) is 58.8 Å². The topological polar surface area (TPSA) is 153 Å². The van der Waals surface area contributed by atoms with Crippen molar-refractivity contribution < 1.29 is 14.3 Å². The van der Waals surface area contributed by atoms with Crippen molar-refractivity contribution in [2.75, 3.05) is 35.7 Å². The molecule has 0 aliphatic carbocycles. The molecule has 0 bridgehead atoms. The molecule has 5 rings (SSSR count). The van der Waals surface area contributed by atoms with Crippen molar-refractivity contribution in [2.24, 2.45) is 0 Å². The highest BCUT2D eigenvalue weighted by molar-refractivity contribution is 5.78. The van der Waals surface area contributed by atoms with Crippen LogP contribution in [0.1, 0.15) is 18.4 Å². The van der Waals surface area contributed by atoms with Gasteiger partial charge in [-0.15, -0.1) is 0 Å². The predicted molar refractivity (Wildman–Crippen MR) is 135 cm³/mol. The third-order valence-electron chi connectivity index (χ3n) is 6.23. The fourth-order valence-electron chi connectivity index (χ4n) is 4.21. The van der Waals surface area contributed by atoms with Crippen molar-refractivity contribution in [1.82, 2.24) is 24.8 Å². The molecule has 186 valence electrons. The van der Waals surface area contributed by atoms with E-state index in [-0.39, 0.29) is 6.04 Å². The van der Waals surface area contributed by atoms with Crippen LogP contribution in [0.2, 0.25) is 0 Å². The molecular weight excluding hydrogens is 464 g/mol. The van der Waals surface area contributed by atoms with E-state index >= 15 is 0 Å². The average Bonchev–Trinajstić information content (AvgIpc) is 3.25. The quantitative estimate of drug-likeness (QED) is 0.315. The van der Waals surface area contributed by atoms with Crippen LogP contribution in [-0.4, -0.2) is 62.2 Å². The van der Waals surface area contributed by atoms with E-state index in [1.807, 2.05) is 19.1 Å². The largest absolute Gasteiger partial charge is 0.465 e. The van der Waals surface area contributed by atoms with E-state index in [9.17, 15) is 14.7 Å². The second kappa shape index (κ2) is 9.56. The zero-order chi connectivity index (χ0) is 25.2. The molecule has 4 N–H and O–H groups in total. The summed E-state index contributed by atoms with van der Waals surface area (Å²) >= 11 is 0. The van der Waals surface area contributed by atoms with Gasteiger partial charge in [-0.1, -0.05) is 0 Å². The highest BCUT2D eigenvalue weighted by atomic mass is 16.4. The number of nitrogens with zero attached hydrogens (tertiary/aromatic N) is 5. The molecule has 12 nitrogen and oxygen atoms in total. The minimum Gasteiger partial charge on any atom is -0.465 e. The highest BCUT2D eigenvalue weighted by Gasteiger charge is 2.26. The van der Waals surface area contributed by atoms with Crippen molar-refractivity contribution in [2.45, 2.75) is 25.8 Å². The molecule has 0 radical (unpaired) electrons. The molecule has 0 spiro atoms. The fraction of sp³-hybridized carbons (Fsp3) is 0.292. The van der Waals surface area contributed by atoms with Crippen LogP contribution < -0.4 is 21.3 Å². The minimum absolute atomic E-state index is 0.0581. The molecule has 0 unspecified atom stereocenters. The average molecular weight is 491 g/mol. The van der Waals surface area contributed by atoms with Gasteiger partial charge in [-0.2, -0.15) is 4.98 Å². The monoisotopic (exact) mass is 490 g/mol. The summed E-state index contributed by atoms with van der Waals surface area (Å²) in [4.78, 5) is 42.3. The van der Waals surface area contributed by atoms with Gasteiger partial charge in [0.25, 0.3) is 0 Å². The first-order chi connectivity index (χ1) is 17.4. The third kappa shape index (κ3) is 4.92. The van der Waals surface area contributed by atoms with E-state index < -0.39 is 11.8 Å². The summed E-state index contributed by atoms with van der Waals surface area (Å²) in [7, 11) is 1.61. The predicted octanol–water partition coefficient (Wildman–Crippen LogP) is 3.68. The Labute approximate surface area is 206 Å². The van der Waals surface area contributed by atoms with E-state index in [1.165, 1.54) is 4.90 Å². The molecule has 1 aliphatic heterocycles. The number of piperidine rings is 1. The number of rotatable bonds is 6. The summed E-state index contributed by atoms with van der Waals surface area (Å²) < 4.78 is 5.05. The van der Waals surface area contributed by atoms with Crippen molar-refractivity contribution in [1.29, 1.82) is 0 Å². The van der Waals surface area contributed by atoms with Crippen LogP contribution in [0, 0.1) is 6.92 Å². The summed E-state index contributed by atoms with van der Waals surface area (Å²) in [6.07, 6.45) is 4.25. The first-order valence-corrected chi connectivity index (χ1v) is 11.5. The number of carbonyl (C=O) groups is 1. The van der Waals surface area contributed by atoms with Crippen LogP contribution in [0.25, 0.3) is 11.1 Å². The smallest absolute Gasteiger partial charge is 0.417 e. The molecule has 4 heterocycles. The van der Waals surface area contributed by atoms with Gasteiger partial charge in [0, 0.05) is 37.6 Å². The Bertz CT molecular complexity index is 1450. The molecule has 3 aromatic heterocycles. The number of amides is 1. The Kier molecular flexibility index (Phi) is 6.15. The van der Waals surface area contributed by atoms with E-state index in [4.69, 9.17) is 4.42 Å². The van der Waals surface area contributed by atoms with Crippen LogP contribution >= 0.6 is 0 Å². The van der Waals surface area contributed by atoms with Crippen LogP contribution in [0.5, 0.6) is 0 Å². The molecule has 1 aliphatic rings. The molecule has 1 saturated heterocycles. The Morgan fingerprint density at radius 3 is 2.81 bits per heavy atom. The Balaban J connectivity index is 1.27. The number of likely N-dealkylation sites (N-methyl/N-ethyl adjacent to an activating group) is 1. The van der Waals surface area contributed by atoms with Gasteiger partial charge in [-0.3, -0.25) is 4.98 Å². The zero-order valence-corrected chi connectivity index (χ0v) is 19.9. The number of H-pyrrole nitrogens is 1. The molecule has 12 heteroatoms. The lowest BCUT2D eigenvalue weighted by molar-refractivity contribution is 0.133. The summed E-state index contributed by atoms with van der Waals surface area (Å²) in [5, 5.41) is 15.7. The van der Waals surface area contributed by atoms with E-state index in [2.05, 4.69) is 35.5 Å². The molecular formula is C24H26N8O4. The third-order valence-corrected chi connectivity index (χ3v) is 6.23. The standard InChI is InChI=1S/C24H26N8O4/c1-14-11-26-22(30-21(14)27-15-5-7-19-18(10-15)29-23(33)36-19)28-16-6-8-20(25-12-16)32-9-3-4-17(13-32)31(2)24(34)35/h5-8,10-12,17H,3-4,9,13H2,1-2H3,(H,29,33)(H,34,35)(H2,26,27,28,30)/t17-/m0/s1. The van der Waals surface area contributed by atoms with Crippen LogP contribution in [0.3, 0.4) is 0 Å². The van der Waals surface area contributed by atoms with Crippen molar-refractivity contribution in [3.8, 4) is 0 Å². The number of aromatic nitrogens is 4. The Morgan fingerprint density at radius 2 is 2.03 bits per heavy atom. The van der Waals surface area contributed by atoms with Crippen molar-refractivity contribution in [3.63, 3.8) is 0 Å². The number of fused-ring (bicyclic) bond motifs is 1. The van der Waals surface area contributed by atoms with Crippen LogP contribution in [0.4, 0.5) is 33.8 Å². The van der Waals surface area contributed by atoms with Crippen LogP contribution in [-0.2, 0) is 0 Å². The summed E-state index contributed by atoms with van der Waals surface area (Å²) in [5.74, 6) is 1.31. The maximum absolute atomic E-state index is 11.4. The zero-order valence-electron chi connectivity index (χ0n) is 19.9. The SMILES string of the molecule is Cc1cnc(Nc2ccc(N3CCC[C@H](N(C)C(=O)O)C3)nc2)nc1Nc1ccc2oc(=O)[nH]c2c1. The molecule has 1 atom stereocenters. The first-order valence-electron chi connectivity index (χ1n) is 11.5. The lowest BCUT2D eigenvalue weighted by Gasteiger charge is -2.37. The maximum Gasteiger partial charge on any atom is 0.417 e. The highest BCUT2D eigenvalue weighted by Crippen LogP contribution is 2.25. The van der Waals surface area contributed by atoms with Gasteiger partial charge in [0.15, 0.2) is 5.58 Å². The van der Waals surface area contributed by atoms with Crippen LogP contribution in [0.15, 0.2) is 51.9 Å². The summed E-state index contributed by atoms with van der Waals surface area (Å²) in [6, 6.07) is 9.03. The van der Waals surface area contributed by atoms with Gasteiger partial charge in [-0.25, -0.2) is 19.6 Å². The van der Waals surface area contributed by atoms with Gasteiger partial charge in [0.05, 0.1) is 23.4 Å². The lowest BCUT2D eigenvalue weighted by atomic mass is 10.0. The Morgan fingerprint density at radius 1 is 1.19 bits per heavy atom. The summed E-state index contributed by atoms with van der Waals surface area (Å²) in [6.45, 7) is 3.34. The Hall–Kier alpha value is -4.61. The van der Waals surface area contributed by atoms with Gasteiger partial charge in [0.2, 0.25) is 5.95 Å². The number of oxazole rings is 1. The summed E-state index contributed by atoms with van der Waals surface area (Å²) in [5.41, 5.74) is 3.39. The molecule has 1 amide bonds. The second-order valence-electron chi connectivity index (χ2n) is 8.74. The fourth-order valence-corrected chi connectivity index (χ4v) is 4.21. The number of pyridine rings is 1. The van der Waals surface area contributed by atoms with Gasteiger partial charge < -0.3 is 30.0 Å². The number of nitrogens with one attached hydrogen (secondary N) is 3. The van der Waals surface area contributed by atoms with Crippen molar-refractivity contribution >= 4 is 46.2 Å². The number of hydrogen-bond acceptors (Lipinski definition) is 9. The minimum atomic E-state index is -0.918. The van der Waals surface area contributed by atoms with E-state index in [0.717, 1.165) is 42.1 Å². The van der Waals surface area contributed by atoms with E-state index in [0.29, 0.717) is 29.4 Å². The van der Waals surface area contributed by atoms with Gasteiger partial charge in [0.1, 0.15) is 11.6 Å².